The van der Waals surface area contributed by atoms with Crippen molar-refractivity contribution in [2.45, 2.75) is 13.3 Å². The van der Waals surface area contributed by atoms with E-state index in [1.54, 1.807) is 0 Å². The molecule has 0 N–H and O–H groups in total. The predicted molar refractivity (Wildman–Crippen MR) is 51.8 cm³/mol. The number of nitrogens with zero attached hydrogens (tertiary/aromatic N) is 2. The molecule has 0 fully saturated rings. The molecule has 1 rings (SSSR count). The van der Waals surface area contributed by atoms with Crippen LogP contribution in [-0.4, -0.2) is 22.5 Å². The number of halogens is 3. The first-order valence-corrected chi connectivity index (χ1v) is 4.68. The molecule has 0 amide bonds. The molecule has 6 nitrogen and oxygen atoms in total. The second-order valence-electron chi connectivity index (χ2n) is 3.01. The van der Waals surface area contributed by atoms with E-state index < -0.39 is 40.2 Å². The van der Waals surface area contributed by atoms with Gasteiger partial charge in [0, 0.05) is 6.07 Å². The summed E-state index contributed by atoms with van der Waals surface area (Å²) in [6.45, 7) is 1.26. The van der Waals surface area contributed by atoms with Crippen molar-refractivity contribution in [1.82, 2.24) is 4.98 Å². The van der Waals surface area contributed by atoms with Crippen molar-refractivity contribution < 1.29 is 27.6 Å². The summed E-state index contributed by atoms with van der Waals surface area (Å²) in [5.74, 6) is -4.00. The van der Waals surface area contributed by atoms with E-state index in [4.69, 9.17) is 0 Å². The fraction of sp³-hybridized carbons (Fsp3) is 0.333. The molecule has 9 heteroatoms. The topological polar surface area (TPSA) is 82.3 Å². The third-order valence-corrected chi connectivity index (χ3v) is 1.86. The molecule has 0 saturated carbocycles. The molecule has 0 saturated heterocycles. The van der Waals surface area contributed by atoms with E-state index in [1.807, 2.05) is 0 Å². The summed E-state index contributed by atoms with van der Waals surface area (Å²) in [5.41, 5.74) is -2.39. The number of ether oxygens (including phenoxy) is 1. The minimum atomic E-state index is -3.31. The summed E-state index contributed by atoms with van der Waals surface area (Å²) in [6, 6.07) is 0.280. The number of aromatic nitrogens is 1. The van der Waals surface area contributed by atoms with Crippen LogP contribution in [0, 0.1) is 15.9 Å². The van der Waals surface area contributed by atoms with Crippen LogP contribution in [0.1, 0.15) is 29.4 Å². The van der Waals surface area contributed by atoms with E-state index in [-0.39, 0.29) is 12.7 Å². The summed E-state index contributed by atoms with van der Waals surface area (Å²) in [6.07, 6.45) is -3.31. The highest BCUT2D eigenvalue weighted by atomic mass is 19.3. The van der Waals surface area contributed by atoms with Crippen LogP contribution < -0.4 is 0 Å². The minimum Gasteiger partial charge on any atom is -0.460 e. The third kappa shape index (κ3) is 2.73. The number of carbonyl (C=O) groups is 1. The van der Waals surface area contributed by atoms with Gasteiger partial charge < -0.3 is 14.9 Å². The molecule has 1 aromatic rings. The zero-order chi connectivity index (χ0) is 13.9. The Hall–Kier alpha value is -2.19. The van der Waals surface area contributed by atoms with Crippen molar-refractivity contribution in [3.05, 3.63) is 33.3 Å². The maximum absolute atomic E-state index is 13.5. The fourth-order valence-corrected chi connectivity index (χ4v) is 1.12. The molecule has 0 aliphatic carbocycles. The Bertz CT molecular complexity index is 493. The third-order valence-electron chi connectivity index (χ3n) is 1.86. The highest BCUT2D eigenvalue weighted by Crippen LogP contribution is 2.27. The van der Waals surface area contributed by atoms with E-state index in [9.17, 15) is 28.1 Å². The fourth-order valence-electron chi connectivity index (χ4n) is 1.12. The number of hydrogen-bond donors (Lipinski definition) is 0. The van der Waals surface area contributed by atoms with Gasteiger partial charge in [-0.25, -0.2) is 18.0 Å². The van der Waals surface area contributed by atoms with Gasteiger partial charge in [0.1, 0.15) is 0 Å². The SMILES string of the molecule is CCOC(=O)c1nc([N+](=O)[O-])cc(C(F)F)c1F. The van der Waals surface area contributed by atoms with Gasteiger partial charge in [-0.3, -0.25) is 0 Å². The van der Waals surface area contributed by atoms with Gasteiger partial charge in [0.25, 0.3) is 12.1 Å². The summed E-state index contributed by atoms with van der Waals surface area (Å²) in [7, 11) is 0. The van der Waals surface area contributed by atoms with Crippen LogP contribution in [0.25, 0.3) is 0 Å². The van der Waals surface area contributed by atoms with Gasteiger partial charge in [-0.05, 0) is 16.8 Å². The Balaban J connectivity index is 3.40. The highest BCUT2D eigenvalue weighted by Gasteiger charge is 2.30. The molecular weight excluding hydrogens is 257 g/mol. The highest BCUT2D eigenvalue weighted by molar-refractivity contribution is 5.88. The molecular formula is C9H7F3N2O4. The van der Waals surface area contributed by atoms with Crippen LogP contribution in [0.4, 0.5) is 19.0 Å². The maximum Gasteiger partial charge on any atom is 0.386 e. The Labute approximate surface area is 98.5 Å². The standard InChI is InChI=1S/C9H7F3N2O4/c1-2-18-9(15)7-6(10)4(8(11)12)3-5(13-7)14(16)17/h3,8H,2H2,1H3. The molecule has 0 aliphatic rings. The predicted octanol–water partition coefficient (Wildman–Crippen LogP) is 2.24. The first-order valence-electron chi connectivity index (χ1n) is 4.68. The summed E-state index contributed by atoms with van der Waals surface area (Å²) < 4.78 is 42.8. The van der Waals surface area contributed by atoms with E-state index in [0.29, 0.717) is 0 Å². The van der Waals surface area contributed by atoms with Crippen LogP contribution >= 0.6 is 0 Å². The first-order chi connectivity index (χ1) is 8.38. The Morgan fingerprint density at radius 1 is 1.61 bits per heavy atom. The van der Waals surface area contributed by atoms with Crippen molar-refractivity contribution in [3.63, 3.8) is 0 Å². The second-order valence-corrected chi connectivity index (χ2v) is 3.01. The second kappa shape index (κ2) is 5.43. The monoisotopic (exact) mass is 264 g/mol. The van der Waals surface area contributed by atoms with Crippen molar-refractivity contribution in [2.75, 3.05) is 6.61 Å². The largest absolute Gasteiger partial charge is 0.460 e. The van der Waals surface area contributed by atoms with Gasteiger partial charge in [0.05, 0.1) is 12.2 Å². The lowest BCUT2D eigenvalue weighted by atomic mass is 10.2. The molecule has 1 heterocycles. The van der Waals surface area contributed by atoms with Crippen molar-refractivity contribution in [2.24, 2.45) is 0 Å². The minimum absolute atomic E-state index is 0.146. The number of hydrogen-bond acceptors (Lipinski definition) is 5. The molecule has 18 heavy (non-hydrogen) atoms. The molecule has 0 radical (unpaired) electrons. The average Bonchev–Trinajstić information content (AvgIpc) is 2.28. The molecule has 0 spiro atoms. The van der Waals surface area contributed by atoms with Gasteiger partial charge in [0.15, 0.2) is 5.82 Å². The summed E-state index contributed by atoms with van der Waals surface area (Å²) in [5, 5.41) is 10.4. The molecule has 0 aromatic carbocycles. The number of esters is 1. The van der Waals surface area contributed by atoms with Crippen molar-refractivity contribution >= 4 is 11.8 Å². The molecule has 0 aliphatic heterocycles. The van der Waals surface area contributed by atoms with Gasteiger partial charge in [-0.15, -0.1) is 0 Å². The van der Waals surface area contributed by atoms with E-state index in [1.165, 1.54) is 6.92 Å². The number of rotatable bonds is 4. The van der Waals surface area contributed by atoms with Gasteiger partial charge in [-0.1, -0.05) is 0 Å². The van der Waals surface area contributed by atoms with Crippen LogP contribution in [0.5, 0.6) is 0 Å². The summed E-state index contributed by atoms with van der Waals surface area (Å²) >= 11 is 0. The zero-order valence-corrected chi connectivity index (χ0v) is 9.02. The smallest absolute Gasteiger partial charge is 0.386 e. The van der Waals surface area contributed by atoms with Gasteiger partial charge >= 0.3 is 11.8 Å². The van der Waals surface area contributed by atoms with Crippen molar-refractivity contribution in [1.29, 1.82) is 0 Å². The summed E-state index contributed by atoms with van der Waals surface area (Å²) in [4.78, 5) is 23.6. The Morgan fingerprint density at radius 3 is 2.67 bits per heavy atom. The molecule has 98 valence electrons. The van der Waals surface area contributed by atoms with Crippen LogP contribution in [-0.2, 0) is 4.74 Å². The molecule has 0 atom stereocenters. The number of nitro groups is 1. The zero-order valence-electron chi connectivity index (χ0n) is 9.02. The first kappa shape index (κ1) is 13.9. The molecule has 1 aromatic heterocycles. The van der Waals surface area contributed by atoms with Gasteiger partial charge in [0.2, 0.25) is 0 Å². The molecule has 0 bridgehead atoms. The number of pyridine rings is 1. The van der Waals surface area contributed by atoms with Crippen LogP contribution in [0.2, 0.25) is 0 Å². The van der Waals surface area contributed by atoms with Crippen LogP contribution in [0.15, 0.2) is 6.07 Å². The lowest BCUT2D eigenvalue weighted by Crippen LogP contribution is -2.13. The lowest BCUT2D eigenvalue weighted by Gasteiger charge is -2.04. The van der Waals surface area contributed by atoms with Gasteiger partial charge in [-0.2, -0.15) is 0 Å². The maximum atomic E-state index is 13.5. The number of alkyl halides is 2. The number of carbonyl (C=O) groups excluding carboxylic acids is 1. The Kier molecular flexibility index (Phi) is 4.18. The van der Waals surface area contributed by atoms with Crippen molar-refractivity contribution in [3.8, 4) is 0 Å². The van der Waals surface area contributed by atoms with E-state index in [0.717, 1.165) is 0 Å². The normalized spacial score (nSPS) is 10.5. The molecule has 0 unspecified atom stereocenters. The van der Waals surface area contributed by atoms with E-state index >= 15 is 0 Å². The quantitative estimate of drug-likeness (QED) is 0.473. The Morgan fingerprint density at radius 2 is 2.22 bits per heavy atom. The van der Waals surface area contributed by atoms with E-state index in [2.05, 4.69) is 9.72 Å². The lowest BCUT2D eigenvalue weighted by molar-refractivity contribution is -0.389. The average molecular weight is 264 g/mol. The van der Waals surface area contributed by atoms with Crippen LogP contribution in [0.3, 0.4) is 0 Å².